The molecule has 0 spiro atoms. The predicted octanol–water partition coefficient (Wildman–Crippen LogP) is 3.90. The first kappa shape index (κ1) is 20.8. The second kappa shape index (κ2) is 8.82. The number of hydrogen-bond acceptors (Lipinski definition) is 5. The molecule has 0 saturated carbocycles. The molecule has 4 heterocycles. The number of nitrogens with zero attached hydrogens (tertiary/aromatic N) is 6. The van der Waals surface area contributed by atoms with E-state index >= 15 is 0 Å². The molecule has 0 aliphatic rings. The lowest BCUT2D eigenvalue weighted by Gasteiger charge is -2.11. The molecule has 33 heavy (non-hydrogen) atoms. The smallest absolute Gasteiger partial charge is 0.225 e. The van der Waals surface area contributed by atoms with Crippen molar-refractivity contribution in [3.63, 3.8) is 0 Å². The third-order valence-corrected chi connectivity index (χ3v) is 5.91. The Balaban J connectivity index is 1.23. The first-order chi connectivity index (χ1) is 16.1. The van der Waals surface area contributed by atoms with Gasteiger partial charge in [0.05, 0.1) is 5.52 Å². The Labute approximate surface area is 191 Å². The number of amides is 1. The van der Waals surface area contributed by atoms with Crippen molar-refractivity contribution < 1.29 is 4.79 Å². The highest BCUT2D eigenvalue weighted by molar-refractivity contribution is 5.92. The van der Waals surface area contributed by atoms with Crippen LogP contribution in [0.4, 0.5) is 5.82 Å². The van der Waals surface area contributed by atoms with Crippen LogP contribution in [0.15, 0.2) is 61.1 Å². The molecule has 5 aromatic rings. The van der Waals surface area contributed by atoms with Crippen molar-refractivity contribution in [2.45, 2.75) is 39.7 Å². The van der Waals surface area contributed by atoms with Crippen LogP contribution in [0.5, 0.6) is 0 Å². The Hall–Kier alpha value is -4.07. The van der Waals surface area contributed by atoms with Crippen LogP contribution in [0, 0.1) is 13.8 Å². The maximum absolute atomic E-state index is 12.6. The number of benzene rings is 1. The van der Waals surface area contributed by atoms with E-state index in [-0.39, 0.29) is 5.91 Å². The summed E-state index contributed by atoms with van der Waals surface area (Å²) in [5.41, 5.74) is 5.97. The Kier molecular flexibility index (Phi) is 5.56. The fourth-order valence-corrected chi connectivity index (χ4v) is 4.13. The van der Waals surface area contributed by atoms with Crippen LogP contribution in [0.2, 0.25) is 0 Å². The molecule has 0 fully saturated rings. The average Bonchev–Trinajstić information content (AvgIpc) is 3.43. The van der Waals surface area contributed by atoms with E-state index in [2.05, 4.69) is 15.4 Å². The number of nitrogens with one attached hydrogen (secondary N) is 1. The monoisotopic (exact) mass is 439 g/mol. The van der Waals surface area contributed by atoms with Crippen LogP contribution in [0.3, 0.4) is 0 Å². The van der Waals surface area contributed by atoms with E-state index in [1.165, 1.54) is 5.56 Å². The van der Waals surface area contributed by atoms with Crippen LogP contribution in [0.25, 0.3) is 16.6 Å². The van der Waals surface area contributed by atoms with Crippen LogP contribution in [0.1, 0.15) is 28.9 Å². The van der Waals surface area contributed by atoms with E-state index in [0.717, 1.165) is 46.5 Å². The topological polar surface area (TPSA) is 90.0 Å². The van der Waals surface area contributed by atoms with Gasteiger partial charge in [0.15, 0.2) is 11.5 Å². The fourth-order valence-electron chi connectivity index (χ4n) is 4.13. The van der Waals surface area contributed by atoms with E-state index in [4.69, 9.17) is 10.1 Å². The summed E-state index contributed by atoms with van der Waals surface area (Å²) >= 11 is 0. The molecule has 8 nitrogen and oxygen atoms in total. The molecule has 0 radical (unpaired) electrons. The molecule has 0 bridgehead atoms. The molecule has 0 aliphatic heterocycles. The summed E-state index contributed by atoms with van der Waals surface area (Å²) in [5.74, 6) is 0.494. The molecule has 0 aliphatic carbocycles. The van der Waals surface area contributed by atoms with Gasteiger partial charge < -0.3 is 5.32 Å². The summed E-state index contributed by atoms with van der Waals surface area (Å²) in [5, 5.41) is 13.1. The molecular formula is C25H25N7O. The first-order valence-corrected chi connectivity index (χ1v) is 11.0. The van der Waals surface area contributed by atoms with Gasteiger partial charge in [0.25, 0.3) is 0 Å². The number of carbonyl (C=O) groups is 1. The van der Waals surface area contributed by atoms with E-state index < -0.39 is 0 Å². The minimum Gasteiger partial charge on any atom is -0.309 e. The van der Waals surface area contributed by atoms with Crippen LogP contribution in [-0.4, -0.2) is 35.3 Å². The third kappa shape index (κ3) is 4.32. The van der Waals surface area contributed by atoms with Gasteiger partial charge in [0, 0.05) is 54.4 Å². The van der Waals surface area contributed by atoms with E-state index in [1.54, 1.807) is 12.4 Å². The Morgan fingerprint density at radius 1 is 1.00 bits per heavy atom. The lowest BCUT2D eigenvalue weighted by atomic mass is 10.1. The Morgan fingerprint density at radius 3 is 2.67 bits per heavy atom. The number of carbonyl (C=O) groups excluding carboxylic acids is 1. The Morgan fingerprint density at radius 2 is 1.82 bits per heavy atom. The van der Waals surface area contributed by atoms with Crippen molar-refractivity contribution in [2.24, 2.45) is 0 Å². The van der Waals surface area contributed by atoms with Crippen molar-refractivity contribution in [3.8, 4) is 0 Å². The highest BCUT2D eigenvalue weighted by atomic mass is 16.1. The zero-order valence-corrected chi connectivity index (χ0v) is 18.7. The fraction of sp³-hybridized carbons (Fsp3) is 0.240. The van der Waals surface area contributed by atoms with Gasteiger partial charge in [0.2, 0.25) is 5.91 Å². The van der Waals surface area contributed by atoms with Gasteiger partial charge in [-0.3, -0.25) is 14.5 Å². The second-order valence-electron chi connectivity index (χ2n) is 8.13. The standard InChI is InChI=1S/C25H25N7O/c1-17-20(18(2)32-25(27-17)21-5-3-4-6-22(21)29-32)7-8-24(33)28-23-12-16-31(30-23)15-11-19-9-13-26-14-10-19/h3-6,9-10,12-14,16H,7-8,11,15H2,1-2H3,(H,28,30,33). The number of hydrogen-bond donors (Lipinski definition) is 1. The molecular weight excluding hydrogens is 414 g/mol. The maximum Gasteiger partial charge on any atom is 0.225 e. The van der Waals surface area contributed by atoms with E-state index in [1.807, 2.05) is 71.7 Å². The molecule has 0 saturated heterocycles. The number of anilines is 1. The second-order valence-corrected chi connectivity index (χ2v) is 8.13. The minimum absolute atomic E-state index is 0.0705. The molecule has 166 valence electrons. The van der Waals surface area contributed by atoms with Gasteiger partial charge >= 0.3 is 0 Å². The molecule has 1 amide bonds. The lowest BCUT2D eigenvalue weighted by Crippen LogP contribution is -2.15. The summed E-state index contributed by atoms with van der Waals surface area (Å²) in [6.07, 6.45) is 7.25. The molecule has 5 rings (SSSR count). The van der Waals surface area contributed by atoms with Gasteiger partial charge in [-0.25, -0.2) is 9.50 Å². The summed E-state index contributed by atoms with van der Waals surface area (Å²) in [7, 11) is 0. The summed E-state index contributed by atoms with van der Waals surface area (Å²) in [4.78, 5) is 21.4. The largest absolute Gasteiger partial charge is 0.309 e. The van der Waals surface area contributed by atoms with Crippen molar-refractivity contribution in [1.29, 1.82) is 0 Å². The Bertz CT molecular complexity index is 1440. The maximum atomic E-state index is 12.6. The van der Waals surface area contributed by atoms with Gasteiger partial charge in [-0.05, 0) is 62.1 Å². The van der Waals surface area contributed by atoms with Crippen molar-refractivity contribution >= 4 is 28.3 Å². The molecule has 0 unspecified atom stereocenters. The summed E-state index contributed by atoms with van der Waals surface area (Å²) < 4.78 is 3.72. The van der Waals surface area contributed by atoms with Crippen LogP contribution >= 0.6 is 0 Å². The highest BCUT2D eigenvalue weighted by Gasteiger charge is 2.15. The minimum atomic E-state index is -0.0705. The van der Waals surface area contributed by atoms with Crippen LogP contribution in [-0.2, 0) is 24.2 Å². The third-order valence-electron chi connectivity index (χ3n) is 5.91. The number of aryl methyl sites for hydroxylation is 4. The van der Waals surface area contributed by atoms with Crippen LogP contribution < -0.4 is 5.32 Å². The number of fused-ring (bicyclic) bond motifs is 3. The summed E-state index contributed by atoms with van der Waals surface area (Å²) in [6, 6.07) is 13.8. The average molecular weight is 440 g/mol. The molecule has 4 aromatic heterocycles. The predicted molar refractivity (Wildman–Crippen MR) is 127 cm³/mol. The van der Waals surface area contributed by atoms with E-state index in [0.29, 0.717) is 18.7 Å². The molecule has 1 N–H and O–H groups in total. The van der Waals surface area contributed by atoms with Gasteiger partial charge in [-0.2, -0.15) is 10.2 Å². The van der Waals surface area contributed by atoms with Gasteiger partial charge in [-0.1, -0.05) is 12.1 Å². The number of rotatable bonds is 7. The first-order valence-electron chi connectivity index (χ1n) is 11.0. The molecule has 0 atom stereocenters. The molecule has 1 aromatic carbocycles. The highest BCUT2D eigenvalue weighted by Crippen LogP contribution is 2.23. The van der Waals surface area contributed by atoms with E-state index in [9.17, 15) is 4.79 Å². The SMILES string of the molecule is Cc1nc2c3ccccc3nn2c(C)c1CCC(=O)Nc1ccn(CCc2ccncc2)n1. The normalized spacial score (nSPS) is 11.3. The number of aromatic nitrogens is 6. The van der Waals surface area contributed by atoms with Crippen molar-refractivity contribution in [3.05, 3.63) is 83.6 Å². The summed E-state index contributed by atoms with van der Waals surface area (Å²) in [6.45, 7) is 4.76. The van der Waals surface area contributed by atoms with Gasteiger partial charge in [0.1, 0.15) is 0 Å². The lowest BCUT2D eigenvalue weighted by molar-refractivity contribution is -0.116. The zero-order chi connectivity index (χ0) is 22.8. The quantitative estimate of drug-likeness (QED) is 0.415. The van der Waals surface area contributed by atoms with Crippen molar-refractivity contribution in [2.75, 3.05) is 5.32 Å². The number of pyridine rings is 1. The zero-order valence-electron chi connectivity index (χ0n) is 18.7. The molecule has 8 heteroatoms. The van der Waals surface area contributed by atoms with Crippen molar-refractivity contribution in [1.82, 2.24) is 29.4 Å². The van der Waals surface area contributed by atoms with Gasteiger partial charge in [-0.15, -0.1) is 0 Å².